The monoisotopic (exact) mass is 353 g/mol. The molecule has 0 spiro atoms. The first-order valence-corrected chi connectivity index (χ1v) is 8.52. The molecule has 0 unspecified atom stereocenters. The van der Waals surface area contributed by atoms with Gasteiger partial charge in [-0.05, 0) is 37.1 Å². The first-order valence-electron chi connectivity index (χ1n) is 8.52. The van der Waals surface area contributed by atoms with Crippen molar-refractivity contribution in [3.05, 3.63) is 46.4 Å². The quantitative estimate of drug-likeness (QED) is 0.693. The van der Waals surface area contributed by atoms with Crippen molar-refractivity contribution in [3.63, 3.8) is 0 Å². The van der Waals surface area contributed by atoms with Crippen LogP contribution in [0.1, 0.15) is 23.2 Å². The van der Waals surface area contributed by atoms with Crippen molar-refractivity contribution < 1.29 is 9.53 Å². The molecule has 0 atom stereocenters. The van der Waals surface area contributed by atoms with E-state index in [0.717, 1.165) is 18.6 Å². The summed E-state index contributed by atoms with van der Waals surface area (Å²) in [6, 6.07) is 7.21. The average Bonchev–Trinajstić information content (AvgIpc) is 3.17. The summed E-state index contributed by atoms with van der Waals surface area (Å²) in [7, 11) is 1.60. The molecular weight excluding hydrogens is 334 g/mol. The average molecular weight is 353 g/mol. The van der Waals surface area contributed by atoms with Gasteiger partial charge in [0.15, 0.2) is 11.4 Å². The minimum Gasteiger partial charge on any atom is -0.497 e. The summed E-state index contributed by atoms with van der Waals surface area (Å²) in [5.74, 6) is 1.38. The molecule has 1 fully saturated rings. The van der Waals surface area contributed by atoms with Crippen LogP contribution < -0.4 is 15.2 Å². The molecule has 1 aliphatic heterocycles. The lowest BCUT2D eigenvalue weighted by Crippen LogP contribution is -2.38. The summed E-state index contributed by atoms with van der Waals surface area (Å²) in [5, 5.41) is 7.02. The Labute approximate surface area is 149 Å². The van der Waals surface area contributed by atoms with Crippen molar-refractivity contribution in [3.8, 4) is 5.75 Å². The molecular formula is C18H19N5O3. The summed E-state index contributed by atoms with van der Waals surface area (Å²) in [4.78, 5) is 34.0. The minimum atomic E-state index is -0.213. The number of Topliss-reactive ketones (excluding diaryl/α,β-unsaturated/α-hetero) is 1. The van der Waals surface area contributed by atoms with E-state index in [0.29, 0.717) is 35.6 Å². The third-order valence-corrected chi connectivity index (χ3v) is 4.85. The number of rotatable bonds is 4. The number of piperidine rings is 1. The van der Waals surface area contributed by atoms with Gasteiger partial charge in [-0.1, -0.05) is 0 Å². The lowest BCUT2D eigenvalue weighted by molar-refractivity contribution is 0.0900. The topological polar surface area (TPSA) is 104 Å². The van der Waals surface area contributed by atoms with Gasteiger partial charge in [-0.2, -0.15) is 10.1 Å². The zero-order chi connectivity index (χ0) is 18.1. The van der Waals surface area contributed by atoms with E-state index in [1.807, 2.05) is 4.90 Å². The molecule has 0 saturated carbocycles. The second kappa shape index (κ2) is 6.62. The number of methoxy groups -OCH3 is 1. The second-order valence-electron chi connectivity index (χ2n) is 6.38. The molecule has 0 aliphatic carbocycles. The Balaban J connectivity index is 1.45. The van der Waals surface area contributed by atoms with Crippen LogP contribution in [0.25, 0.3) is 11.0 Å². The Bertz CT molecular complexity index is 984. The number of anilines is 1. The van der Waals surface area contributed by atoms with Crippen LogP contribution in [0.15, 0.2) is 35.3 Å². The number of benzene rings is 1. The fourth-order valence-electron chi connectivity index (χ4n) is 3.33. The summed E-state index contributed by atoms with van der Waals surface area (Å²) in [5.41, 5.74) is 0.963. The standard InChI is InChI=1S/C18H19N5O3/c1-26-13-4-2-11(3-5-13)15(24)12-6-8-23(9-7-12)18-20-16-14(10-19-22-16)17(25)21-18/h2-5,10,12H,6-9H2,1H3,(H2,19,20,21,22,25). The van der Waals surface area contributed by atoms with Crippen molar-refractivity contribution in [2.45, 2.75) is 12.8 Å². The Kier molecular flexibility index (Phi) is 4.16. The highest BCUT2D eigenvalue weighted by molar-refractivity contribution is 5.98. The Morgan fingerprint density at radius 3 is 2.65 bits per heavy atom. The van der Waals surface area contributed by atoms with Crippen LogP contribution in [0, 0.1) is 5.92 Å². The highest BCUT2D eigenvalue weighted by atomic mass is 16.5. The van der Waals surface area contributed by atoms with Gasteiger partial charge in [-0.25, -0.2) is 0 Å². The van der Waals surface area contributed by atoms with Gasteiger partial charge in [0.2, 0.25) is 5.95 Å². The largest absolute Gasteiger partial charge is 0.497 e. The SMILES string of the molecule is COc1ccc(C(=O)C2CCN(c3nc4[nH]ncc4c(=O)[nH]3)CC2)cc1. The number of carbonyl (C=O) groups is 1. The molecule has 2 N–H and O–H groups in total. The van der Waals surface area contributed by atoms with Crippen molar-refractivity contribution >= 4 is 22.8 Å². The number of aromatic nitrogens is 4. The minimum absolute atomic E-state index is 0.0257. The van der Waals surface area contributed by atoms with E-state index in [1.54, 1.807) is 31.4 Å². The lowest BCUT2D eigenvalue weighted by atomic mass is 9.89. The van der Waals surface area contributed by atoms with E-state index in [1.165, 1.54) is 6.20 Å². The third kappa shape index (κ3) is 2.94. The van der Waals surface area contributed by atoms with Crippen LogP contribution in [0.5, 0.6) is 5.75 Å². The molecule has 8 heteroatoms. The number of ether oxygens (including phenoxy) is 1. The van der Waals surface area contributed by atoms with Gasteiger partial charge in [-0.3, -0.25) is 19.7 Å². The molecule has 2 aromatic heterocycles. The number of nitrogens with one attached hydrogen (secondary N) is 2. The first kappa shape index (κ1) is 16.3. The Morgan fingerprint density at radius 2 is 1.96 bits per heavy atom. The van der Waals surface area contributed by atoms with E-state index in [4.69, 9.17) is 4.74 Å². The van der Waals surface area contributed by atoms with E-state index < -0.39 is 0 Å². The molecule has 26 heavy (non-hydrogen) atoms. The summed E-state index contributed by atoms with van der Waals surface area (Å²) < 4.78 is 5.13. The number of carbonyl (C=O) groups excluding carboxylic acids is 1. The number of ketones is 1. The maximum atomic E-state index is 12.7. The molecule has 3 aromatic rings. The zero-order valence-corrected chi connectivity index (χ0v) is 14.4. The van der Waals surface area contributed by atoms with Crippen LogP contribution in [-0.2, 0) is 0 Å². The number of hydrogen-bond acceptors (Lipinski definition) is 6. The molecule has 134 valence electrons. The Morgan fingerprint density at radius 1 is 1.23 bits per heavy atom. The molecule has 1 aliphatic rings. The normalized spacial score (nSPS) is 15.3. The molecule has 0 bridgehead atoms. The molecule has 0 radical (unpaired) electrons. The predicted molar refractivity (Wildman–Crippen MR) is 96.8 cm³/mol. The highest BCUT2D eigenvalue weighted by Crippen LogP contribution is 2.25. The van der Waals surface area contributed by atoms with E-state index in [2.05, 4.69) is 20.2 Å². The number of fused-ring (bicyclic) bond motifs is 1. The van der Waals surface area contributed by atoms with Gasteiger partial charge in [0, 0.05) is 24.6 Å². The van der Waals surface area contributed by atoms with Gasteiger partial charge in [-0.15, -0.1) is 0 Å². The maximum absolute atomic E-state index is 12.7. The van der Waals surface area contributed by atoms with E-state index in [9.17, 15) is 9.59 Å². The Hall–Kier alpha value is -3.16. The first-order chi connectivity index (χ1) is 12.7. The van der Waals surface area contributed by atoms with Crippen molar-refractivity contribution in [1.82, 2.24) is 20.2 Å². The zero-order valence-electron chi connectivity index (χ0n) is 14.4. The molecule has 4 rings (SSSR count). The van der Waals surface area contributed by atoms with Crippen LogP contribution >= 0.6 is 0 Å². The second-order valence-corrected chi connectivity index (χ2v) is 6.38. The fourth-order valence-corrected chi connectivity index (χ4v) is 3.33. The van der Waals surface area contributed by atoms with Crippen LogP contribution in [-0.4, -0.2) is 46.1 Å². The number of nitrogens with zero attached hydrogens (tertiary/aromatic N) is 3. The summed E-state index contributed by atoms with van der Waals surface area (Å²) in [6.07, 6.45) is 2.90. The van der Waals surface area contributed by atoms with Gasteiger partial charge >= 0.3 is 0 Å². The smallest absolute Gasteiger partial charge is 0.263 e. The molecule has 3 heterocycles. The van der Waals surface area contributed by atoms with Crippen molar-refractivity contribution in [2.75, 3.05) is 25.1 Å². The number of hydrogen-bond donors (Lipinski definition) is 2. The van der Waals surface area contributed by atoms with Crippen molar-refractivity contribution in [1.29, 1.82) is 0 Å². The van der Waals surface area contributed by atoms with E-state index in [-0.39, 0.29) is 17.3 Å². The van der Waals surface area contributed by atoms with Gasteiger partial charge in [0.05, 0.1) is 13.3 Å². The van der Waals surface area contributed by atoms with Crippen LogP contribution in [0.2, 0.25) is 0 Å². The third-order valence-electron chi connectivity index (χ3n) is 4.85. The molecule has 8 nitrogen and oxygen atoms in total. The molecule has 1 saturated heterocycles. The number of H-pyrrole nitrogens is 2. The summed E-state index contributed by atoms with van der Waals surface area (Å²) >= 11 is 0. The molecule has 0 amide bonds. The fraction of sp³-hybridized carbons (Fsp3) is 0.333. The maximum Gasteiger partial charge on any atom is 0.263 e. The van der Waals surface area contributed by atoms with Gasteiger partial charge < -0.3 is 9.64 Å². The highest BCUT2D eigenvalue weighted by Gasteiger charge is 2.27. The van der Waals surface area contributed by atoms with Crippen LogP contribution in [0.3, 0.4) is 0 Å². The molecule has 1 aromatic carbocycles. The van der Waals surface area contributed by atoms with Crippen molar-refractivity contribution in [2.24, 2.45) is 5.92 Å². The van der Waals surface area contributed by atoms with Crippen LogP contribution in [0.4, 0.5) is 5.95 Å². The number of aromatic amines is 2. The lowest BCUT2D eigenvalue weighted by Gasteiger charge is -2.31. The van der Waals surface area contributed by atoms with Gasteiger partial charge in [0.1, 0.15) is 11.1 Å². The predicted octanol–water partition coefficient (Wildman–Crippen LogP) is 1.75. The summed E-state index contributed by atoms with van der Waals surface area (Å²) in [6.45, 7) is 1.32. The van der Waals surface area contributed by atoms with E-state index >= 15 is 0 Å². The van der Waals surface area contributed by atoms with Gasteiger partial charge in [0.25, 0.3) is 5.56 Å².